The molecule has 0 saturated carbocycles. The Morgan fingerprint density at radius 3 is 2.67 bits per heavy atom. The molecule has 0 spiro atoms. The molecule has 2 aromatic rings. The third-order valence-corrected chi connectivity index (χ3v) is 3.89. The van der Waals surface area contributed by atoms with Crippen LogP contribution in [0.3, 0.4) is 0 Å². The number of nitrogens with zero attached hydrogens (tertiary/aromatic N) is 4. The number of hydrazine groups is 1. The third-order valence-electron chi connectivity index (χ3n) is 2.57. The molecule has 2 rings (SSSR count). The summed E-state index contributed by atoms with van der Waals surface area (Å²) in [6, 6.07) is 3.28. The van der Waals surface area contributed by atoms with Crippen molar-refractivity contribution in [2.45, 2.75) is 4.90 Å². The van der Waals surface area contributed by atoms with Gasteiger partial charge in [0.05, 0.1) is 9.82 Å². The standard InChI is InChI=1S/C9H11N7O4S/c1-15-9(11-5-12-15)14-21(19,20)6-2-3-7(13-10)8(4-6)16(17)18/h2-5,13H,10H2,1H3,(H,11,12,14). The van der Waals surface area contributed by atoms with E-state index in [2.05, 4.69) is 20.2 Å². The van der Waals surface area contributed by atoms with Crippen LogP contribution in [0.4, 0.5) is 17.3 Å². The molecule has 4 N–H and O–H groups in total. The van der Waals surface area contributed by atoms with E-state index in [0.29, 0.717) is 0 Å². The second-order valence-electron chi connectivity index (χ2n) is 3.89. The lowest BCUT2D eigenvalue weighted by Gasteiger charge is -2.08. The SMILES string of the molecule is Cn1ncnc1NS(=O)(=O)c1ccc(NN)c([N+](=O)[O-])c1. The summed E-state index contributed by atoms with van der Waals surface area (Å²) in [5.41, 5.74) is 1.66. The molecule has 1 aromatic heterocycles. The van der Waals surface area contributed by atoms with Crippen LogP contribution in [0.2, 0.25) is 0 Å². The quantitative estimate of drug-likeness (QED) is 0.389. The van der Waals surface area contributed by atoms with Gasteiger partial charge in [-0.05, 0) is 12.1 Å². The fraction of sp³-hybridized carbons (Fsp3) is 0.111. The number of sulfonamides is 1. The molecule has 11 nitrogen and oxygen atoms in total. The van der Waals surface area contributed by atoms with Crippen molar-refractivity contribution in [2.24, 2.45) is 12.9 Å². The number of anilines is 2. The van der Waals surface area contributed by atoms with E-state index in [1.807, 2.05) is 0 Å². The molecule has 0 atom stereocenters. The minimum absolute atomic E-state index is 0.00221. The zero-order chi connectivity index (χ0) is 15.6. The van der Waals surface area contributed by atoms with Crippen LogP contribution in [0.5, 0.6) is 0 Å². The van der Waals surface area contributed by atoms with E-state index >= 15 is 0 Å². The summed E-state index contributed by atoms with van der Waals surface area (Å²) >= 11 is 0. The zero-order valence-corrected chi connectivity index (χ0v) is 11.5. The van der Waals surface area contributed by atoms with E-state index in [1.54, 1.807) is 0 Å². The summed E-state index contributed by atoms with van der Waals surface area (Å²) in [5, 5.41) is 14.6. The minimum Gasteiger partial charge on any atom is -0.318 e. The smallest absolute Gasteiger partial charge is 0.295 e. The molecule has 0 aliphatic heterocycles. The Labute approximate surface area is 119 Å². The van der Waals surface area contributed by atoms with Gasteiger partial charge in [0.1, 0.15) is 12.0 Å². The molecular formula is C9H11N7O4S. The van der Waals surface area contributed by atoms with Crippen molar-refractivity contribution in [1.29, 1.82) is 0 Å². The van der Waals surface area contributed by atoms with Crippen molar-refractivity contribution >= 4 is 27.3 Å². The van der Waals surface area contributed by atoms with E-state index < -0.39 is 20.6 Å². The maximum Gasteiger partial charge on any atom is 0.295 e. The van der Waals surface area contributed by atoms with Crippen LogP contribution < -0.4 is 16.0 Å². The molecule has 21 heavy (non-hydrogen) atoms. The number of nitro benzene ring substituents is 1. The zero-order valence-electron chi connectivity index (χ0n) is 10.7. The number of rotatable bonds is 5. The number of aryl methyl sites for hydroxylation is 1. The maximum atomic E-state index is 12.2. The van der Waals surface area contributed by atoms with Gasteiger partial charge in [-0.25, -0.2) is 17.8 Å². The van der Waals surface area contributed by atoms with E-state index in [9.17, 15) is 18.5 Å². The molecule has 0 saturated heterocycles. The van der Waals surface area contributed by atoms with Crippen LogP contribution in [0.1, 0.15) is 0 Å². The Hall–Kier alpha value is -2.73. The average Bonchev–Trinajstić information content (AvgIpc) is 2.82. The van der Waals surface area contributed by atoms with Crippen LogP contribution in [0.15, 0.2) is 29.4 Å². The van der Waals surface area contributed by atoms with Crippen molar-refractivity contribution in [1.82, 2.24) is 14.8 Å². The summed E-state index contributed by atoms with van der Waals surface area (Å²) in [6.07, 6.45) is 1.17. The lowest BCUT2D eigenvalue weighted by atomic mass is 10.3. The van der Waals surface area contributed by atoms with Crippen molar-refractivity contribution < 1.29 is 13.3 Å². The first-order valence-electron chi connectivity index (χ1n) is 5.47. The monoisotopic (exact) mass is 313 g/mol. The second kappa shape index (κ2) is 5.34. The number of hydrogen-bond donors (Lipinski definition) is 3. The topological polar surface area (TPSA) is 158 Å². The molecular weight excluding hydrogens is 302 g/mol. The van der Waals surface area contributed by atoms with Gasteiger partial charge >= 0.3 is 0 Å². The van der Waals surface area contributed by atoms with E-state index in [0.717, 1.165) is 6.07 Å². The molecule has 0 radical (unpaired) electrons. The minimum atomic E-state index is -4.03. The normalized spacial score (nSPS) is 11.1. The number of nitrogen functional groups attached to an aromatic ring is 1. The molecule has 0 bridgehead atoms. The molecule has 0 unspecified atom stereocenters. The van der Waals surface area contributed by atoms with Gasteiger partial charge in [-0.15, -0.1) is 0 Å². The van der Waals surface area contributed by atoms with Crippen molar-refractivity contribution in [3.8, 4) is 0 Å². The largest absolute Gasteiger partial charge is 0.318 e. The van der Waals surface area contributed by atoms with Crippen LogP contribution in [-0.4, -0.2) is 28.1 Å². The van der Waals surface area contributed by atoms with E-state index in [-0.39, 0.29) is 16.5 Å². The number of benzene rings is 1. The molecule has 0 amide bonds. The molecule has 12 heteroatoms. The highest BCUT2D eigenvalue weighted by Crippen LogP contribution is 2.27. The number of nitrogens with one attached hydrogen (secondary N) is 2. The summed E-state index contributed by atoms with van der Waals surface area (Å²) < 4.78 is 27.7. The Morgan fingerprint density at radius 2 is 2.14 bits per heavy atom. The van der Waals surface area contributed by atoms with E-state index in [4.69, 9.17) is 5.84 Å². The van der Waals surface area contributed by atoms with Gasteiger partial charge < -0.3 is 5.43 Å². The number of nitro groups is 1. The summed E-state index contributed by atoms with van der Waals surface area (Å²) in [6.45, 7) is 0. The van der Waals surface area contributed by atoms with Gasteiger partial charge in [0.25, 0.3) is 15.7 Å². The first-order chi connectivity index (χ1) is 9.85. The van der Waals surface area contributed by atoms with Crippen molar-refractivity contribution in [3.05, 3.63) is 34.6 Å². The molecule has 1 heterocycles. The van der Waals surface area contributed by atoms with E-state index in [1.165, 1.54) is 30.2 Å². The van der Waals surface area contributed by atoms with Crippen LogP contribution in [0.25, 0.3) is 0 Å². The Balaban J connectivity index is 2.43. The molecule has 0 fully saturated rings. The van der Waals surface area contributed by atoms with Gasteiger partial charge in [0.2, 0.25) is 5.95 Å². The number of nitrogens with two attached hydrogens (primary N) is 1. The Morgan fingerprint density at radius 1 is 1.43 bits per heavy atom. The van der Waals surface area contributed by atoms with Crippen molar-refractivity contribution in [3.63, 3.8) is 0 Å². The lowest BCUT2D eigenvalue weighted by molar-refractivity contribution is -0.384. The highest BCUT2D eigenvalue weighted by Gasteiger charge is 2.22. The molecule has 1 aromatic carbocycles. The first-order valence-corrected chi connectivity index (χ1v) is 6.95. The highest BCUT2D eigenvalue weighted by atomic mass is 32.2. The first kappa shape index (κ1) is 14.7. The fourth-order valence-corrected chi connectivity index (χ4v) is 2.58. The summed E-state index contributed by atoms with van der Waals surface area (Å²) in [5.74, 6) is 5.12. The third kappa shape index (κ3) is 2.90. The predicted molar refractivity (Wildman–Crippen MR) is 72.7 cm³/mol. The predicted octanol–water partition coefficient (Wildman–Crippen LogP) is -0.190. The molecule has 0 aliphatic carbocycles. The number of aromatic nitrogens is 3. The summed E-state index contributed by atoms with van der Waals surface area (Å²) in [7, 11) is -2.54. The van der Waals surface area contributed by atoms with Gasteiger partial charge in [-0.2, -0.15) is 10.1 Å². The second-order valence-corrected chi connectivity index (χ2v) is 5.58. The summed E-state index contributed by atoms with van der Waals surface area (Å²) in [4.78, 5) is 13.6. The van der Waals surface area contributed by atoms with Crippen LogP contribution >= 0.6 is 0 Å². The maximum absolute atomic E-state index is 12.2. The van der Waals surface area contributed by atoms with Crippen molar-refractivity contribution in [2.75, 3.05) is 10.1 Å². The highest BCUT2D eigenvalue weighted by molar-refractivity contribution is 7.92. The Kier molecular flexibility index (Phi) is 3.73. The van der Waals surface area contributed by atoms with Gasteiger partial charge in [0.15, 0.2) is 0 Å². The number of hydrogen-bond acceptors (Lipinski definition) is 8. The fourth-order valence-electron chi connectivity index (χ4n) is 1.52. The molecule has 112 valence electrons. The Bertz CT molecular complexity index is 785. The van der Waals surface area contributed by atoms with Gasteiger partial charge in [-0.3, -0.25) is 16.0 Å². The van der Waals surface area contributed by atoms with Crippen LogP contribution in [0, 0.1) is 10.1 Å². The molecule has 0 aliphatic rings. The van der Waals surface area contributed by atoms with Crippen LogP contribution in [-0.2, 0) is 17.1 Å². The van der Waals surface area contributed by atoms with Gasteiger partial charge in [-0.1, -0.05) is 0 Å². The van der Waals surface area contributed by atoms with Gasteiger partial charge in [0, 0.05) is 13.1 Å². The average molecular weight is 313 g/mol. The lowest BCUT2D eigenvalue weighted by Crippen LogP contribution is -2.17.